The van der Waals surface area contributed by atoms with Crippen molar-refractivity contribution in [3.8, 4) is 11.5 Å². The molecule has 152 valence electrons. The maximum atomic E-state index is 12.6. The Hall–Kier alpha value is -2.51. The molecule has 0 atom stereocenters. The SMILES string of the molecule is O=C(/C=C/c1cc(Cl)c2c(c1)OCCCO2)N1CCN(C(=O)c2cccs2)CC1. The maximum absolute atomic E-state index is 12.6. The van der Waals surface area contributed by atoms with Crippen molar-refractivity contribution < 1.29 is 19.1 Å². The van der Waals surface area contributed by atoms with Gasteiger partial charge in [-0.15, -0.1) is 11.3 Å². The Labute approximate surface area is 178 Å². The van der Waals surface area contributed by atoms with E-state index >= 15 is 0 Å². The van der Waals surface area contributed by atoms with Crippen LogP contribution in [0.5, 0.6) is 11.5 Å². The van der Waals surface area contributed by atoms with Crippen molar-refractivity contribution in [2.24, 2.45) is 0 Å². The molecule has 2 aliphatic heterocycles. The van der Waals surface area contributed by atoms with Gasteiger partial charge in [0.15, 0.2) is 11.5 Å². The van der Waals surface area contributed by atoms with Gasteiger partial charge in [-0.3, -0.25) is 9.59 Å². The molecule has 0 radical (unpaired) electrons. The Bertz CT molecular complexity index is 921. The molecule has 0 aliphatic carbocycles. The van der Waals surface area contributed by atoms with Gasteiger partial charge in [0.2, 0.25) is 5.91 Å². The van der Waals surface area contributed by atoms with E-state index < -0.39 is 0 Å². The summed E-state index contributed by atoms with van der Waals surface area (Å²) in [6.07, 6.45) is 4.06. The third-order valence-electron chi connectivity index (χ3n) is 4.85. The average molecular weight is 433 g/mol. The van der Waals surface area contributed by atoms with E-state index in [4.69, 9.17) is 21.1 Å². The second-order valence-corrected chi connectivity index (χ2v) is 8.16. The highest BCUT2D eigenvalue weighted by atomic mass is 35.5. The Morgan fingerprint density at radius 1 is 1.07 bits per heavy atom. The number of thiophene rings is 1. The molecule has 29 heavy (non-hydrogen) atoms. The summed E-state index contributed by atoms with van der Waals surface area (Å²) in [6.45, 7) is 3.24. The molecule has 2 aliphatic rings. The largest absolute Gasteiger partial charge is 0.489 e. The minimum absolute atomic E-state index is 0.0319. The van der Waals surface area contributed by atoms with Crippen molar-refractivity contribution in [2.45, 2.75) is 6.42 Å². The predicted octanol–water partition coefficient (Wildman–Crippen LogP) is 3.56. The minimum Gasteiger partial charge on any atom is -0.489 e. The first-order valence-electron chi connectivity index (χ1n) is 9.51. The van der Waals surface area contributed by atoms with Crippen LogP contribution in [0.15, 0.2) is 35.7 Å². The van der Waals surface area contributed by atoms with Gasteiger partial charge in [-0.2, -0.15) is 0 Å². The molecule has 0 N–H and O–H groups in total. The topological polar surface area (TPSA) is 59.1 Å². The summed E-state index contributed by atoms with van der Waals surface area (Å²) < 4.78 is 11.3. The lowest BCUT2D eigenvalue weighted by atomic mass is 10.1. The van der Waals surface area contributed by atoms with Crippen LogP contribution < -0.4 is 9.47 Å². The van der Waals surface area contributed by atoms with Crippen LogP contribution in [0.25, 0.3) is 6.08 Å². The highest BCUT2D eigenvalue weighted by Crippen LogP contribution is 2.38. The fourth-order valence-electron chi connectivity index (χ4n) is 3.31. The van der Waals surface area contributed by atoms with E-state index in [9.17, 15) is 9.59 Å². The van der Waals surface area contributed by atoms with E-state index in [-0.39, 0.29) is 11.8 Å². The molecule has 8 heteroatoms. The molecule has 1 aromatic carbocycles. The van der Waals surface area contributed by atoms with Crippen molar-refractivity contribution in [3.63, 3.8) is 0 Å². The summed E-state index contributed by atoms with van der Waals surface area (Å²) >= 11 is 7.74. The summed E-state index contributed by atoms with van der Waals surface area (Å²) in [6, 6.07) is 7.28. The van der Waals surface area contributed by atoms with E-state index in [0.29, 0.717) is 55.9 Å². The van der Waals surface area contributed by atoms with Gasteiger partial charge >= 0.3 is 0 Å². The van der Waals surface area contributed by atoms with Crippen LogP contribution in [-0.4, -0.2) is 61.0 Å². The lowest BCUT2D eigenvalue weighted by Crippen LogP contribution is -2.50. The number of hydrogen-bond acceptors (Lipinski definition) is 5. The molecule has 3 heterocycles. The number of hydrogen-bond donors (Lipinski definition) is 0. The van der Waals surface area contributed by atoms with Gasteiger partial charge in [0.1, 0.15) is 0 Å². The average Bonchev–Trinajstić information content (AvgIpc) is 3.17. The lowest BCUT2D eigenvalue weighted by molar-refractivity contribution is -0.127. The van der Waals surface area contributed by atoms with Crippen LogP contribution in [0.1, 0.15) is 21.7 Å². The summed E-state index contributed by atoms with van der Waals surface area (Å²) in [5.74, 6) is 1.10. The summed E-state index contributed by atoms with van der Waals surface area (Å²) in [5, 5.41) is 2.36. The number of piperazine rings is 1. The van der Waals surface area contributed by atoms with Crippen molar-refractivity contribution in [3.05, 3.63) is 51.2 Å². The van der Waals surface area contributed by atoms with Crippen molar-refractivity contribution >= 4 is 40.8 Å². The van der Waals surface area contributed by atoms with E-state index in [1.807, 2.05) is 23.6 Å². The van der Waals surface area contributed by atoms with Gasteiger partial charge in [0.25, 0.3) is 5.91 Å². The third-order valence-corrected chi connectivity index (χ3v) is 5.99. The van der Waals surface area contributed by atoms with Gasteiger partial charge in [-0.1, -0.05) is 17.7 Å². The summed E-state index contributed by atoms with van der Waals surface area (Å²) in [7, 11) is 0. The number of ether oxygens (including phenoxy) is 2. The van der Waals surface area contributed by atoms with Crippen LogP contribution in [-0.2, 0) is 4.79 Å². The van der Waals surface area contributed by atoms with Crippen molar-refractivity contribution in [1.29, 1.82) is 0 Å². The zero-order valence-electron chi connectivity index (χ0n) is 15.8. The fraction of sp³-hybridized carbons (Fsp3) is 0.333. The monoisotopic (exact) mass is 432 g/mol. The second kappa shape index (κ2) is 8.88. The first-order valence-corrected chi connectivity index (χ1v) is 10.8. The third kappa shape index (κ3) is 4.57. The molecule has 1 fully saturated rings. The van der Waals surface area contributed by atoms with Gasteiger partial charge in [0.05, 0.1) is 23.1 Å². The molecule has 0 spiro atoms. The van der Waals surface area contributed by atoms with Crippen molar-refractivity contribution in [2.75, 3.05) is 39.4 Å². The number of benzene rings is 1. The number of halogens is 1. The Morgan fingerprint density at radius 2 is 1.83 bits per heavy atom. The molecule has 1 saturated heterocycles. The molecule has 0 saturated carbocycles. The summed E-state index contributed by atoms with van der Waals surface area (Å²) in [4.78, 5) is 29.2. The molecule has 4 rings (SSSR count). The first-order chi connectivity index (χ1) is 14.1. The van der Waals surface area contributed by atoms with E-state index in [0.717, 1.165) is 16.9 Å². The zero-order valence-corrected chi connectivity index (χ0v) is 17.4. The number of carbonyl (C=O) groups is 2. The standard InChI is InChI=1S/C21H21ClN2O4S/c22-16-13-15(14-17-20(16)28-11-2-10-27-17)4-5-19(25)23-6-8-24(9-7-23)21(26)18-3-1-12-29-18/h1,3-5,12-14H,2,6-11H2/b5-4+. The van der Waals surface area contributed by atoms with Crippen LogP contribution in [0.2, 0.25) is 5.02 Å². The van der Waals surface area contributed by atoms with Gasteiger partial charge in [-0.25, -0.2) is 0 Å². The smallest absolute Gasteiger partial charge is 0.264 e. The van der Waals surface area contributed by atoms with Crippen LogP contribution in [0.4, 0.5) is 0 Å². The molecule has 0 bridgehead atoms. The quantitative estimate of drug-likeness (QED) is 0.696. The molecule has 0 unspecified atom stereocenters. The lowest BCUT2D eigenvalue weighted by Gasteiger charge is -2.34. The molecule has 1 aromatic heterocycles. The van der Waals surface area contributed by atoms with Crippen molar-refractivity contribution in [1.82, 2.24) is 9.80 Å². The number of carbonyl (C=O) groups excluding carboxylic acids is 2. The molecule has 2 aromatic rings. The Kier molecular flexibility index (Phi) is 6.06. The Morgan fingerprint density at radius 3 is 2.59 bits per heavy atom. The zero-order chi connectivity index (χ0) is 20.2. The summed E-state index contributed by atoms with van der Waals surface area (Å²) in [5.41, 5.74) is 0.777. The van der Waals surface area contributed by atoms with Gasteiger partial charge < -0.3 is 19.3 Å². The minimum atomic E-state index is -0.0866. The fourth-order valence-corrected chi connectivity index (χ4v) is 4.27. The molecule has 6 nitrogen and oxygen atoms in total. The molecular weight excluding hydrogens is 412 g/mol. The number of fused-ring (bicyclic) bond motifs is 1. The van der Waals surface area contributed by atoms with Gasteiger partial charge in [-0.05, 0) is 35.2 Å². The molecule has 2 amide bonds. The number of nitrogens with zero attached hydrogens (tertiary/aromatic N) is 2. The molecular formula is C21H21ClN2O4S. The predicted molar refractivity (Wildman–Crippen MR) is 113 cm³/mol. The highest BCUT2D eigenvalue weighted by Gasteiger charge is 2.24. The second-order valence-electron chi connectivity index (χ2n) is 6.81. The van der Waals surface area contributed by atoms with Gasteiger partial charge in [0, 0.05) is 38.7 Å². The number of rotatable bonds is 3. The highest BCUT2D eigenvalue weighted by molar-refractivity contribution is 7.12. The Balaban J connectivity index is 1.36. The van der Waals surface area contributed by atoms with Crippen LogP contribution in [0, 0.1) is 0 Å². The van der Waals surface area contributed by atoms with E-state index in [2.05, 4.69) is 0 Å². The van der Waals surface area contributed by atoms with Crippen LogP contribution >= 0.6 is 22.9 Å². The number of amides is 2. The van der Waals surface area contributed by atoms with Crippen LogP contribution in [0.3, 0.4) is 0 Å². The maximum Gasteiger partial charge on any atom is 0.264 e. The van der Waals surface area contributed by atoms with E-state index in [1.165, 1.54) is 17.4 Å². The first kappa shape index (κ1) is 19.8. The van der Waals surface area contributed by atoms with E-state index in [1.54, 1.807) is 21.9 Å². The normalized spacial score (nSPS) is 16.7.